The summed E-state index contributed by atoms with van der Waals surface area (Å²) in [6.45, 7) is 2.05. The van der Waals surface area contributed by atoms with Gasteiger partial charge in [-0.05, 0) is 31.3 Å². The average molecular weight is 284 g/mol. The smallest absolute Gasteiger partial charge is 0.108 e. The highest BCUT2D eigenvalue weighted by molar-refractivity contribution is 7.10. The number of imidazole rings is 1. The number of hydrogen-bond acceptors (Lipinski definition) is 3. The highest BCUT2D eigenvalue weighted by Gasteiger charge is 2.17. The minimum Gasteiger partial charge on any atom is -0.338 e. The first-order valence-electron chi connectivity index (χ1n) is 6.00. The van der Waals surface area contributed by atoms with E-state index in [9.17, 15) is 0 Å². The Labute approximate surface area is 117 Å². The molecule has 18 heavy (non-hydrogen) atoms. The van der Waals surface area contributed by atoms with Gasteiger partial charge in [0, 0.05) is 36.8 Å². The highest BCUT2D eigenvalue weighted by Crippen LogP contribution is 2.34. The summed E-state index contributed by atoms with van der Waals surface area (Å²) in [5, 5.41) is 6.36. The van der Waals surface area contributed by atoms with Crippen molar-refractivity contribution in [3.63, 3.8) is 0 Å². The Kier molecular flexibility index (Phi) is 4.43. The Morgan fingerprint density at radius 2 is 2.33 bits per heavy atom. The van der Waals surface area contributed by atoms with Crippen molar-refractivity contribution in [2.45, 2.75) is 25.8 Å². The molecular formula is C13H18ClN3S. The topological polar surface area (TPSA) is 29.9 Å². The van der Waals surface area contributed by atoms with Gasteiger partial charge in [-0.3, -0.25) is 0 Å². The van der Waals surface area contributed by atoms with E-state index in [2.05, 4.69) is 20.2 Å². The predicted molar refractivity (Wildman–Crippen MR) is 77.4 cm³/mol. The molecule has 1 unspecified atom stereocenters. The van der Waals surface area contributed by atoms with Crippen LogP contribution >= 0.6 is 22.9 Å². The molecule has 0 aliphatic carbocycles. The van der Waals surface area contributed by atoms with Gasteiger partial charge in [0.1, 0.15) is 5.82 Å². The summed E-state index contributed by atoms with van der Waals surface area (Å²) in [6, 6.07) is 0.299. The second kappa shape index (κ2) is 5.87. The molecule has 1 N–H and O–H groups in total. The maximum atomic E-state index is 6.32. The molecule has 0 aromatic carbocycles. The van der Waals surface area contributed by atoms with Crippen molar-refractivity contribution in [2.75, 3.05) is 7.05 Å². The fraction of sp³-hybridized carbons (Fsp3) is 0.462. The van der Waals surface area contributed by atoms with Gasteiger partial charge in [-0.25, -0.2) is 4.98 Å². The van der Waals surface area contributed by atoms with Crippen LogP contribution in [0.25, 0.3) is 0 Å². The zero-order valence-corrected chi connectivity index (χ0v) is 12.5. The number of thiophene rings is 1. The van der Waals surface area contributed by atoms with Crippen LogP contribution in [-0.2, 0) is 13.5 Å². The fourth-order valence-electron chi connectivity index (χ4n) is 2.00. The molecule has 0 aliphatic heterocycles. The second-order valence-electron chi connectivity index (χ2n) is 4.43. The van der Waals surface area contributed by atoms with Crippen molar-refractivity contribution in [1.82, 2.24) is 14.9 Å². The largest absolute Gasteiger partial charge is 0.338 e. The first-order valence-corrected chi connectivity index (χ1v) is 7.26. The Morgan fingerprint density at radius 3 is 2.83 bits per heavy atom. The van der Waals surface area contributed by atoms with E-state index in [1.54, 1.807) is 11.3 Å². The first kappa shape index (κ1) is 13.6. The number of rotatable bonds is 5. The van der Waals surface area contributed by atoms with E-state index in [0.29, 0.717) is 6.04 Å². The first-order chi connectivity index (χ1) is 8.63. The van der Waals surface area contributed by atoms with Crippen molar-refractivity contribution in [3.8, 4) is 0 Å². The third-order valence-corrected chi connectivity index (χ3v) is 5.00. The normalized spacial score (nSPS) is 12.9. The van der Waals surface area contributed by atoms with Crippen LogP contribution in [0.3, 0.4) is 0 Å². The van der Waals surface area contributed by atoms with Crippen molar-refractivity contribution in [2.24, 2.45) is 7.05 Å². The van der Waals surface area contributed by atoms with Crippen LogP contribution in [0.15, 0.2) is 17.8 Å². The maximum Gasteiger partial charge on any atom is 0.108 e. The fourth-order valence-corrected chi connectivity index (χ4v) is 3.47. The zero-order chi connectivity index (χ0) is 13.1. The zero-order valence-electron chi connectivity index (χ0n) is 10.9. The average Bonchev–Trinajstić information content (AvgIpc) is 2.90. The molecule has 2 heterocycles. The lowest BCUT2D eigenvalue weighted by Gasteiger charge is -2.15. The highest BCUT2D eigenvalue weighted by atomic mass is 35.5. The number of halogens is 1. The van der Waals surface area contributed by atoms with Crippen LogP contribution in [-0.4, -0.2) is 16.6 Å². The molecule has 0 radical (unpaired) electrons. The molecule has 0 amide bonds. The van der Waals surface area contributed by atoms with E-state index < -0.39 is 0 Å². The van der Waals surface area contributed by atoms with Crippen molar-refractivity contribution in [3.05, 3.63) is 39.1 Å². The molecule has 1 atom stereocenters. The lowest BCUT2D eigenvalue weighted by Crippen LogP contribution is -2.17. The molecule has 0 aliphatic rings. The summed E-state index contributed by atoms with van der Waals surface area (Å²) in [5.41, 5.74) is 1.16. The SMILES string of the molecule is CNC(CCc1nccn1C)c1scc(C)c1Cl. The molecule has 0 saturated carbocycles. The van der Waals surface area contributed by atoms with Gasteiger partial charge in [0.25, 0.3) is 0 Å². The molecule has 5 heteroatoms. The summed E-state index contributed by atoms with van der Waals surface area (Å²) < 4.78 is 2.06. The van der Waals surface area contributed by atoms with Crippen LogP contribution in [0.1, 0.15) is 28.7 Å². The Bertz CT molecular complexity index is 518. The van der Waals surface area contributed by atoms with E-state index in [-0.39, 0.29) is 0 Å². The van der Waals surface area contributed by atoms with Gasteiger partial charge in [0.05, 0.1) is 5.02 Å². The molecule has 0 spiro atoms. The Morgan fingerprint density at radius 1 is 1.56 bits per heavy atom. The number of nitrogens with zero attached hydrogens (tertiary/aromatic N) is 2. The van der Waals surface area contributed by atoms with Gasteiger partial charge in [0.15, 0.2) is 0 Å². The third kappa shape index (κ3) is 2.76. The lowest BCUT2D eigenvalue weighted by atomic mass is 10.1. The summed E-state index contributed by atoms with van der Waals surface area (Å²) in [6.07, 6.45) is 5.77. The maximum absolute atomic E-state index is 6.32. The minimum absolute atomic E-state index is 0.299. The van der Waals surface area contributed by atoms with Crippen molar-refractivity contribution >= 4 is 22.9 Å². The quantitative estimate of drug-likeness (QED) is 0.912. The molecule has 98 valence electrons. The monoisotopic (exact) mass is 283 g/mol. The van der Waals surface area contributed by atoms with Gasteiger partial charge in [-0.2, -0.15) is 0 Å². The van der Waals surface area contributed by atoms with Crippen LogP contribution in [0, 0.1) is 6.92 Å². The summed E-state index contributed by atoms with van der Waals surface area (Å²) in [5.74, 6) is 1.11. The molecular weight excluding hydrogens is 266 g/mol. The van der Waals surface area contributed by atoms with Gasteiger partial charge < -0.3 is 9.88 Å². The van der Waals surface area contributed by atoms with E-state index in [1.807, 2.05) is 33.4 Å². The number of hydrogen-bond donors (Lipinski definition) is 1. The van der Waals surface area contributed by atoms with Gasteiger partial charge >= 0.3 is 0 Å². The Hall–Kier alpha value is -0.840. The number of aromatic nitrogens is 2. The van der Waals surface area contributed by atoms with Crippen molar-refractivity contribution < 1.29 is 0 Å². The Balaban J connectivity index is 2.06. The lowest BCUT2D eigenvalue weighted by molar-refractivity contribution is 0.543. The van der Waals surface area contributed by atoms with Crippen LogP contribution in [0.4, 0.5) is 0 Å². The van der Waals surface area contributed by atoms with Gasteiger partial charge in [-0.15, -0.1) is 11.3 Å². The van der Waals surface area contributed by atoms with E-state index in [0.717, 1.165) is 29.3 Å². The standard InChI is InChI=1S/C13H18ClN3S/c1-9-8-18-13(12(9)14)10(15-2)4-5-11-16-6-7-17(11)3/h6-8,10,15H,4-5H2,1-3H3. The third-order valence-electron chi connectivity index (χ3n) is 3.17. The van der Waals surface area contributed by atoms with Gasteiger partial charge in [0.2, 0.25) is 0 Å². The van der Waals surface area contributed by atoms with E-state index in [1.165, 1.54) is 4.88 Å². The van der Waals surface area contributed by atoms with Crippen LogP contribution in [0.2, 0.25) is 5.02 Å². The number of nitrogens with one attached hydrogen (secondary N) is 1. The minimum atomic E-state index is 0.299. The predicted octanol–water partition coefficient (Wildman–Crippen LogP) is 3.34. The molecule has 3 nitrogen and oxygen atoms in total. The second-order valence-corrected chi connectivity index (χ2v) is 5.72. The van der Waals surface area contributed by atoms with E-state index in [4.69, 9.17) is 11.6 Å². The molecule has 2 aromatic rings. The molecule has 0 bridgehead atoms. The molecule has 0 saturated heterocycles. The molecule has 0 fully saturated rings. The summed E-state index contributed by atoms with van der Waals surface area (Å²) in [4.78, 5) is 5.58. The van der Waals surface area contributed by atoms with E-state index >= 15 is 0 Å². The number of aryl methyl sites for hydroxylation is 3. The van der Waals surface area contributed by atoms with Crippen molar-refractivity contribution in [1.29, 1.82) is 0 Å². The summed E-state index contributed by atoms with van der Waals surface area (Å²) >= 11 is 8.05. The molecule has 2 aromatic heterocycles. The van der Waals surface area contributed by atoms with Crippen LogP contribution < -0.4 is 5.32 Å². The summed E-state index contributed by atoms with van der Waals surface area (Å²) in [7, 11) is 4.01. The van der Waals surface area contributed by atoms with Gasteiger partial charge in [-0.1, -0.05) is 11.6 Å². The van der Waals surface area contributed by atoms with Crippen LogP contribution in [0.5, 0.6) is 0 Å². The molecule has 2 rings (SSSR count).